The van der Waals surface area contributed by atoms with E-state index in [1.165, 1.54) is 0 Å². The molecule has 2 aromatic carbocycles. The molecule has 0 saturated heterocycles. The lowest BCUT2D eigenvalue weighted by Gasteiger charge is -2.14. The van der Waals surface area contributed by atoms with E-state index < -0.39 is 0 Å². The van der Waals surface area contributed by atoms with Gasteiger partial charge in [-0.1, -0.05) is 12.1 Å². The van der Waals surface area contributed by atoms with Crippen molar-refractivity contribution in [1.82, 2.24) is 15.5 Å². The number of H-pyrrole nitrogens is 1. The number of hydrogen-bond donors (Lipinski definition) is 3. The van der Waals surface area contributed by atoms with Crippen LogP contribution in [0.2, 0.25) is 0 Å². The lowest BCUT2D eigenvalue weighted by atomic mass is 10.1. The maximum absolute atomic E-state index is 12.6. The number of carbonyl (C=O) groups excluding carboxylic acids is 1. The minimum Gasteiger partial charge on any atom is -0.497 e. The standard InChI is InChI=1S/C21H20N4O3/c1-12(13-4-3-5-15(10-13)27-2)23-21(26)19-9-8-18(28-19)14-6-7-17-16(11-14)20(22)25-24-17/h3-12H,1-2H3,(H,23,26)(H3,22,24,25)/t12-/m0/s1. The number of nitrogen functional groups attached to an aromatic ring is 1. The molecule has 1 amide bonds. The van der Waals surface area contributed by atoms with Gasteiger partial charge in [-0.25, -0.2) is 0 Å². The van der Waals surface area contributed by atoms with E-state index in [0.717, 1.165) is 27.8 Å². The number of anilines is 1. The number of nitrogens with one attached hydrogen (secondary N) is 2. The number of aromatic amines is 1. The smallest absolute Gasteiger partial charge is 0.287 e. The fourth-order valence-corrected chi connectivity index (χ4v) is 3.06. The number of benzene rings is 2. The molecule has 0 saturated carbocycles. The van der Waals surface area contributed by atoms with Crippen LogP contribution in [0.3, 0.4) is 0 Å². The summed E-state index contributed by atoms with van der Waals surface area (Å²) < 4.78 is 11.0. The second kappa shape index (κ2) is 7.11. The molecule has 4 N–H and O–H groups in total. The second-order valence-electron chi connectivity index (χ2n) is 6.50. The van der Waals surface area contributed by atoms with Crippen LogP contribution in [-0.2, 0) is 0 Å². The van der Waals surface area contributed by atoms with Crippen molar-refractivity contribution in [2.75, 3.05) is 12.8 Å². The highest BCUT2D eigenvalue weighted by atomic mass is 16.5. The maximum atomic E-state index is 12.6. The number of ether oxygens (including phenoxy) is 1. The molecule has 1 atom stereocenters. The van der Waals surface area contributed by atoms with Gasteiger partial charge < -0.3 is 20.2 Å². The number of furan rings is 1. The van der Waals surface area contributed by atoms with E-state index in [1.54, 1.807) is 19.2 Å². The van der Waals surface area contributed by atoms with E-state index in [-0.39, 0.29) is 17.7 Å². The molecule has 142 valence electrons. The Labute approximate surface area is 161 Å². The van der Waals surface area contributed by atoms with Gasteiger partial charge >= 0.3 is 0 Å². The molecular weight excluding hydrogens is 356 g/mol. The molecule has 2 heterocycles. The third-order valence-corrected chi connectivity index (χ3v) is 4.65. The summed E-state index contributed by atoms with van der Waals surface area (Å²) in [7, 11) is 1.61. The van der Waals surface area contributed by atoms with Crippen molar-refractivity contribution >= 4 is 22.6 Å². The van der Waals surface area contributed by atoms with Gasteiger partial charge in [0.15, 0.2) is 11.6 Å². The van der Waals surface area contributed by atoms with Gasteiger partial charge in [-0.05, 0) is 55.0 Å². The number of hydrogen-bond acceptors (Lipinski definition) is 5. The molecule has 0 bridgehead atoms. The normalized spacial score (nSPS) is 12.1. The molecule has 0 spiro atoms. The maximum Gasteiger partial charge on any atom is 0.287 e. The molecule has 2 aromatic heterocycles. The van der Waals surface area contributed by atoms with Crippen molar-refractivity contribution in [2.24, 2.45) is 0 Å². The number of rotatable bonds is 5. The van der Waals surface area contributed by atoms with E-state index in [4.69, 9.17) is 14.9 Å². The Hall–Kier alpha value is -3.74. The lowest BCUT2D eigenvalue weighted by molar-refractivity contribution is 0.0912. The molecule has 4 aromatic rings. The Morgan fingerprint density at radius 1 is 1.21 bits per heavy atom. The molecule has 4 rings (SSSR count). The number of amides is 1. The van der Waals surface area contributed by atoms with E-state index in [0.29, 0.717) is 11.6 Å². The minimum absolute atomic E-state index is 0.196. The number of aromatic nitrogens is 2. The van der Waals surface area contributed by atoms with Gasteiger partial charge in [-0.2, -0.15) is 5.10 Å². The summed E-state index contributed by atoms with van der Waals surface area (Å²) in [4.78, 5) is 12.6. The number of fused-ring (bicyclic) bond motifs is 1. The van der Waals surface area contributed by atoms with Crippen LogP contribution in [0.15, 0.2) is 59.0 Å². The SMILES string of the molecule is COc1cccc([C@H](C)NC(=O)c2ccc(-c3ccc4[nH]nc(N)c4c3)o2)c1. The highest BCUT2D eigenvalue weighted by molar-refractivity contribution is 5.94. The highest BCUT2D eigenvalue weighted by Crippen LogP contribution is 2.28. The van der Waals surface area contributed by atoms with Crippen molar-refractivity contribution in [3.05, 3.63) is 65.9 Å². The fourth-order valence-electron chi connectivity index (χ4n) is 3.06. The number of methoxy groups -OCH3 is 1. The van der Waals surface area contributed by atoms with Crippen molar-refractivity contribution in [1.29, 1.82) is 0 Å². The Morgan fingerprint density at radius 2 is 2.07 bits per heavy atom. The summed E-state index contributed by atoms with van der Waals surface area (Å²) in [6, 6.07) is 16.5. The van der Waals surface area contributed by atoms with E-state index in [1.807, 2.05) is 49.4 Å². The van der Waals surface area contributed by atoms with Crippen LogP contribution in [0.5, 0.6) is 5.75 Å². The van der Waals surface area contributed by atoms with Crippen LogP contribution in [0, 0.1) is 0 Å². The van der Waals surface area contributed by atoms with Gasteiger partial charge in [0.2, 0.25) is 0 Å². The van der Waals surface area contributed by atoms with Crippen molar-refractivity contribution in [3.8, 4) is 17.1 Å². The molecule has 28 heavy (non-hydrogen) atoms. The van der Waals surface area contributed by atoms with Crippen LogP contribution in [0.1, 0.15) is 29.1 Å². The second-order valence-corrected chi connectivity index (χ2v) is 6.50. The first kappa shape index (κ1) is 17.7. The average Bonchev–Trinajstić information content (AvgIpc) is 3.35. The zero-order valence-corrected chi connectivity index (χ0v) is 15.5. The average molecular weight is 376 g/mol. The largest absolute Gasteiger partial charge is 0.497 e. The van der Waals surface area contributed by atoms with E-state index >= 15 is 0 Å². The summed E-state index contributed by atoms with van der Waals surface area (Å²) >= 11 is 0. The van der Waals surface area contributed by atoms with Crippen LogP contribution in [0.25, 0.3) is 22.2 Å². The van der Waals surface area contributed by atoms with Gasteiger partial charge in [0, 0.05) is 10.9 Å². The Balaban J connectivity index is 1.52. The van der Waals surface area contributed by atoms with Crippen molar-refractivity contribution in [2.45, 2.75) is 13.0 Å². The van der Waals surface area contributed by atoms with Crippen molar-refractivity contribution < 1.29 is 13.9 Å². The van der Waals surface area contributed by atoms with Crippen LogP contribution >= 0.6 is 0 Å². The Kier molecular flexibility index (Phi) is 4.49. The monoisotopic (exact) mass is 376 g/mol. The molecule has 7 nitrogen and oxygen atoms in total. The summed E-state index contributed by atoms with van der Waals surface area (Å²) in [6.07, 6.45) is 0. The van der Waals surface area contributed by atoms with Gasteiger partial charge in [0.1, 0.15) is 11.5 Å². The first-order valence-electron chi connectivity index (χ1n) is 8.84. The first-order valence-corrected chi connectivity index (χ1v) is 8.84. The molecule has 7 heteroatoms. The van der Waals surface area contributed by atoms with Gasteiger partial charge in [0.05, 0.1) is 18.7 Å². The van der Waals surface area contributed by atoms with Crippen molar-refractivity contribution in [3.63, 3.8) is 0 Å². The summed E-state index contributed by atoms with van der Waals surface area (Å²) in [5.41, 5.74) is 8.47. The molecular formula is C21H20N4O3. The lowest BCUT2D eigenvalue weighted by Crippen LogP contribution is -2.26. The predicted octanol–water partition coefficient (Wildman–Crippen LogP) is 3.90. The summed E-state index contributed by atoms with van der Waals surface area (Å²) in [5, 5.41) is 10.6. The first-order chi connectivity index (χ1) is 13.5. The highest BCUT2D eigenvalue weighted by Gasteiger charge is 2.16. The number of nitrogens with two attached hydrogens (primary N) is 1. The van der Waals surface area contributed by atoms with Crippen LogP contribution in [-0.4, -0.2) is 23.2 Å². The molecule has 0 fully saturated rings. The van der Waals surface area contributed by atoms with Gasteiger partial charge in [-0.15, -0.1) is 0 Å². The predicted molar refractivity (Wildman–Crippen MR) is 107 cm³/mol. The minimum atomic E-state index is -0.287. The molecule has 0 aliphatic rings. The third kappa shape index (κ3) is 3.29. The van der Waals surface area contributed by atoms with Gasteiger partial charge in [0.25, 0.3) is 5.91 Å². The Bertz CT molecular complexity index is 1150. The van der Waals surface area contributed by atoms with Gasteiger partial charge in [-0.3, -0.25) is 9.89 Å². The zero-order valence-electron chi connectivity index (χ0n) is 15.5. The molecule has 0 aliphatic carbocycles. The fraction of sp³-hybridized carbons (Fsp3) is 0.143. The van der Waals surface area contributed by atoms with E-state index in [9.17, 15) is 4.79 Å². The molecule has 0 radical (unpaired) electrons. The van der Waals surface area contributed by atoms with Crippen LogP contribution < -0.4 is 15.8 Å². The van der Waals surface area contributed by atoms with E-state index in [2.05, 4.69) is 15.5 Å². The number of carbonyl (C=O) groups is 1. The Morgan fingerprint density at radius 3 is 2.89 bits per heavy atom. The topological polar surface area (TPSA) is 106 Å². The zero-order chi connectivity index (χ0) is 19.7. The molecule has 0 unspecified atom stereocenters. The molecule has 0 aliphatic heterocycles. The van der Waals surface area contributed by atoms with Crippen LogP contribution in [0.4, 0.5) is 5.82 Å². The summed E-state index contributed by atoms with van der Waals surface area (Å²) in [6.45, 7) is 1.91. The summed E-state index contributed by atoms with van der Waals surface area (Å²) in [5.74, 6) is 1.71. The third-order valence-electron chi connectivity index (χ3n) is 4.65. The number of nitrogens with zero attached hydrogens (tertiary/aromatic N) is 1. The quantitative estimate of drug-likeness (QED) is 0.490.